The summed E-state index contributed by atoms with van der Waals surface area (Å²) in [7, 11) is 0. The van der Waals surface area contributed by atoms with Crippen molar-refractivity contribution < 1.29 is 24.0 Å². The van der Waals surface area contributed by atoms with Crippen molar-refractivity contribution >= 4 is 17.4 Å². The van der Waals surface area contributed by atoms with Crippen molar-refractivity contribution in [1.82, 2.24) is 0 Å². The minimum atomic E-state index is -0.730. The van der Waals surface area contributed by atoms with Gasteiger partial charge >= 0.3 is 5.97 Å². The first-order valence-electron chi connectivity index (χ1n) is 7.89. The molecule has 0 heterocycles. The van der Waals surface area contributed by atoms with Crippen molar-refractivity contribution in [2.75, 3.05) is 6.61 Å². The molecule has 7 nitrogen and oxygen atoms in total. The second-order valence-electron chi connectivity index (χ2n) is 5.74. The first-order valence-corrected chi connectivity index (χ1v) is 7.89. The van der Waals surface area contributed by atoms with Gasteiger partial charge in [-0.05, 0) is 52.2 Å². The molecule has 132 valence electrons. The lowest BCUT2D eigenvalue weighted by molar-refractivity contribution is -0.384. The largest absolute Gasteiger partial charge is 0.494 e. The van der Waals surface area contributed by atoms with Gasteiger partial charge in [0.15, 0.2) is 0 Å². The van der Waals surface area contributed by atoms with Gasteiger partial charge in [-0.2, -0.15) is 0 Å². The Morgan fingerprint density at radius 3 is 2.29 bits per heavy atom. The van der Waals surface area contributed by atoms with Crippen molar-refractivity contribution in [3.8, 4) is 5.75 Å². The molecule has 0 radical (unpaired) electrons. The molecular formula is C17H23NO6. The van der Waals surface area contributed by atoms with Crippen LogP contribution < -0.4 is 4.74 Å². The maximum Gasteiger partial charge on any atom is 0.316 e. The molecule has 1 unspecified atom stereocenters. The van der Waals surface area contributed by atoms with Gasteiger partial charge in [0.1, 0.15) is 17.5 Å². The Labute approximate surface area is 141 Å². The van der Waals surface area contributed by atoms with E-state index >= 15 is 0 Å². The summed E-state index contributed by atoms with van der Waals surface area (Å²) in [6, 6.07) is 5.83. The number of benzene rings is 1. The van der Waals surface area contributed by atoms with Crippen LogP contribution in [0, 0.1) is 16.0 Å². The minimum absolute atomic E-state index is 0.00955. The summed E-state index contributed by atoms with van der Waals surface area (Å²) in [6.45, 7) is 5.28. The zero-order valence-electron chi connectivity index (χ0n) is 14.2. The van der Waals surface area contributed by atoms with E-state index in [9.17, 15) is 19.7 Å². The summed E-state index contributed by atoms with van der Waals surface area (Å²) in [4.78, 5) is 33.5. The Morgan fingerprint density at radius 2 is 1.79 bits per heavy atom. The number of nitro groups is 1. The van der Waals surface area contributed by atoms with Gasteiger partial charge in [-0.15, -0.1) is 0 Å². The Hall–Kier alpha value is -2.44. The van der Waals surface area contributed by atoms with Gasteiger partial charge in [-0.1, -0.05) is 0 Å². The summed E-state index contributed by atoms with van der Waals surface area (Å²) < 4.78 is 10.6. The molecule has 0 saturated heterocycles. The summed E-state index contributed by atoms with van der Waals surface area (Å²) in [5.41, 5.74) is 0.00955. The number of hydrogen-bond acceptors (Lipinski definition) is 6. The predicted molar refractivity (Wildman–Crippen MR) is 87.8 cm³/mol. The molecule has 0 spiro atoms. The maximum atomic E-state index is 11.8. The highest BCUT2D eigenvalue weighted by molar-refractivity contribution is 5.97. The van der Waals surface area contributed by atoms with E-state index in [1.54, 1.807) is 13.8 Å². The van der Waals surface area contributed by atoms with Gasteiger partial charge in [0.2, 0.25) is 0 Å². The van der Waals surface area contributed by atoms with Crippen LogP contribution in [-0.4, -0.2) is 29.4 Å². The van der Waals surface area contributed by atoms with Crippen LogP contribution in [0.4, 0.5) is 5.69 Å². The number of nitro benzene ring substituents is 1. The summed E-state index contributed by atoms with van der Waals surface area (Å²) >= 11 is 0. The van der Waals surface area contributed by atoms with Gasteiger partial charge in [0, 0.05) is 12.1 Å². The second-order valence-corrected chi connectivity index (χ2v) is 5.74. The van der Waals surface area contributed by atoms with Crippen molar-refractivity contribution in [1.29, 1.82) is 0 Å². The molecule has 0 fully saturated rings. The fourth-order valence-electron chi connectivity index (χ4n) is 2.11. The number of esters is 1. The first-order chi connectivity index (χ1) is 11.3. The lowest BCUT2D eigenvalue weighted by Gasteiger charge is -2.15. The third-order valence-electron chi connectivity index (χ3n) is 3.33. The molecule has 0 aliphatic heterocycles. The summed E-state index contributed by atoms with van der Waals surface area (Å²) in [5.74, 6) is -0.861. The van der Waals surface area contributed by atoms with Crippen LogP contribution in [0.2, 0.25) is 0 Å². The lowest BCUT2D eigenvalue weighted by Crippen LogP contribution is -2.26. The Kier molecular flexibility index (Phi) is 7.88. The van der Waals surface area contributed by atoms with Crippen molar-refractivity contribution in [3.63, 3.8) is 0 Å². The van der Waals surface area contributed by atoms with Crippen LogP contribution in [0.5, 0.6) is 5.75 Å². The highest BCUT2D eigenvalue weighted by atomic mass is 16.6. The highest BCUT2D eigenvalue weighted by Crippen LogP contribution is 2.18. The lowest BCUT2D eigenvalue weighted by atomic mass is 9.98. The standard InChI is InChI=1S/C17H23NO6/c1-12(2)24-17(20)16(13(3)19)6-4-5-11-23-15-9-7-14(8-10-15)18(21)22/h7-10,12,16H,4-6,11H2,1-3H3. The highest BCUT2D eigenvalue weighted by Gasteiger charge is 2.25. The number of Topliss-reactive ketones (excluding diaryl/α,β-unsaturated/α-hetero) is 1. The molecule has 0 bridgehead atoms. The van der Waals surface area contributed by atoms with E-state index in [1.165, 1.54) is 31.2 Å². The molecule has 0 aliphatic rings. The van der Waals surface area contributed by atoms with Crippen molar-refractivity contribution in [2.45, 2.75) is 46.1 Å². The zero-order chi connectivity index (χ0) is 18.1. The predicted octanol–water partition coefficient (Wildman–Crippen LogP) is 3.30. The molecule has 0 saturated carbocycles. The van der Waals surface area contributed by atoms with E-state index in [0.717, 1.165) is 0 Å². The van der Waals surface area contributed by atoms with Crippen LogP contribution in [-0.2, 0) is 14.3 Å². The van der Waals surface area contributed by atoms with Crippen LogP contribution in [0.3, 0.4) is 0 Å². The fraction of sp³-hybridized carbons (Fsp3) is 0.529. The number of non-ortho nitro benzene ring substituents is 1. The minimum Gasteiger partial charge on any atom is -0.494 e. The van der Waals surface area contributed by atoms with Crippen LogP contribution >= 0.6 is 0 Å². The third-order valence-corrected chi connectivity index (χ3v) is 3.33. The topological polar surface area (TPSA) is 95.7 Å². The number of carbonyl (C=O) groups excluding carboxylic acids is 2. The van der Waals surface area contributed by atoms with Gasteiger partial charge < -0.3 is 9.47 Å². The van der Waals surface area contributed by atoms with Crippen LogP contribution in [0.15, 0.2) is 24.3 Å². The van der Waals surface area contributed by atoms with Crippen molar-refractivity contribution in [3.05, 3.63) is 34.4 Å². The smallest absolute Gasteiger partial charge is 0.316 e. The number of carbonyl (C=O) groups is 2. The van der Waals surface area contributed by atoms with E-state index in [0.29, 0.717) is 31.6 Å². The molecule has 0 aliphatic carbocycles. The quantitative estimate of drug-likeness (QED) is 0.214. The average molecular weight is 337 g/mol. The normalized spacial score (nSPS) is 11.8. The van der Waals surface area contributed by atoms with E-state index in [-0.39, 0.29) is 17.6 Å². The molecule has 1 aromatic carbocycles. The molecule has 0 aromatic heterocycles. The van der Waals surface area contributed by atoms with Crippen LogP contribution in [0.1, 0.15) is 40.0 Å². The number of unbranched alkanes of at least 4 members (excludes halogenated alkanes) is 1. The third kappa shape index (κ3) is 6.76. The molecule has 24 heavy (non-hydrogen) atoms. The van der Waals surface area contributed by atoms with Crippen LogP contribution in [0.25, 0.3) is 0 Å². The summed E-state index contributed by atoms with van der Waals surface area (Å²) in [6.07, 6.45) is 1.48. The monoisotopic (exact) mass is 337 g/mol. The van der Waals surface area contributed by atoms with Gasteiger partial charge in [-0.3, -0.25) is 19.7 Å². The molecule has 1 rings (SSSR count). The molecular weight excluding hydrogens is 314 g/mol. The number of nitrogens with zero attached hydrogens (tertiary/aromatic N) is 1. The number of rotatable bonds is 10. The number of ketones is 1. The zero-order valence-corrected chi connectivity index (χ0v) is 14.2. The molecule has 1 aromatic rings. The van der Waals surface area contributed by atoms with Gasteiger partial charge in [0.05, 0.1) is 17.6 Å². The number of hydrogen-bond donors (Lipinski definition) is 0. The van der Waals surface area contributed by atoms with Gasteiger partial charge in [0.25, 0.3) is 5.69 Å². The second kappa shape index (κ2) is 9.64. The van der Waals surface area contributed by atoms with E-state index in [1.807, 2.05) is 0 Å². The SMILES string of the molecule is CC(=O)C(CCCCOc1ccc([N+](=O)[O-])cc1)C(=O)OC(C)C. The van der Waals surface area contributed by atoms with E-state index in [4.69, 9.17) is 9.47 Å². The Morgan fingerprint density at radius 1 is 1.17 bits per heavy atom. The molecule has 7 heteroatoms. The van der Waals surface area contributed by atoms with Crippen molar-refractivity contribution in [2.24, 2.45) is 5.92 Å². The Bertz CT molecular complexity index is 567. The maximum absolute atomic E-state index is 11.8. The van der Waals surface area contributed by atoms with E-state index in [2.05, 4.69) is 0 Å². The first kappa shape index (κ1) is 19.6. The van der Waals surface area contributed by atoms with Gasteiger partial charge in [-0.25, -0.2) is 0 Å². The fourth-order valence-corrected chi connectivity index (χ4v) is 2.11. The average Bonchev–Trinajstić information content (AvgIpc) is 2.49. The Balaban J connectivity index is 2.34. The molecule has 0 amide bonds. The molecule has 0 N–H and O–H groups in total. The summed E-state index contributed by atoms with van der Waals surface area (Å²) in [5, 5.41) is 10.6. The van der Waals surface area contributed by atoms with E-state index < -0.39 is 16.8 Å². The molecule has 1 atom stereocenters. The number of ether oxygens (including phenoxy) is 2.